The Bertz CT molecular complexity index is 1950. The average molecular weight is 697 g/mol. The molecule has 0 saturated heterocycles. The van der Waals surface area contributed by atoms with Crippen molar-refractivity contribution in [3.63, 3.8) is 0 Å². The van der Waals surface area contributed by atoms with Gasteiger partial charge in [-0.05, 0) is 81.6 Å². The number of benzene rings is 3. The van der Waals surface area contributed by atoms with Gasteiger partial charge in [0.25, 0.3) is 0 Å². The lowest BCUT2D eigenvalue weighted by molar-refractivity contribution is -0.133. The van der Waals surface area contributed by atoms with Crippen LogP contribution in [0.3, 0.4) is 0 Å². The van der Waals surface area contributed by atoms with Gasteiger partial charge in [-0.25, -0.2) is 19.2 Å². The van der Waals surface area contributed by atoms with Crippen LogP contribution in [0.5, 0.6) is 34.5 Å². The molecule has 0 bridgehead atoms. The van der Waals surface area contributed by atoms with Crippen molar-refractivity contribution in [2.24, 2.45) is 0 Å². The summed E-state index contributed by atoms with van der Waals surface area (Å²) in [5, 5.41) is 0. The second-order valence-corrected chi connectivity index (χ2v) is 11.6. The molecule has 3 aromatic carbocycles. The molecule has 51 heavy (non-hydrogen) atoms. The Morgan fingerprint density at radius 2 is 0.863 bits per heavy atom. The number of hydrogen-bond acceptors (Lipinski definition) is 11. The molecule has 0 N–H and O–H groups in total. The van der Waals surface area contributed by atoms with Gasteiger partial charge in [0.1, 0.15) is 11.5 Å². The lowest BCUT2D eigenvalue weighted by atomic mass is 9.97. The number of ether oxygens (including phenoxy) is 6. The summed E-state index contributed by atoms with van der Waals surface area (Å²) in [6.07, 6.45) is 1.53. The Hall–Kier alpha value is -6.23. The van der Waals surface area contributed by atoms with Crippen molar-refractivity contribution in [2.75, 3.05) is 6.61 Å². The smallest absolute Gasteiger partial charge is 0.338 e. The van der Waals surface area contributed by atoms with Crippen LogP contribution in [0.15, 0.2) is 97.1 Å². The predicted octanol–water partition coefficient (Wildman–Crippen LogP) is 8.05. The SMILES string of the molecule is C=C(C)C(=O)Oc1cc(-c2cc(OCCCC)c(-c3ccc(OC(=O)C(=C)C)c(OC(=O)C(=C)C)c3)cc2OC(=O)C(=C)C)ccc1OC(C)=O. The number of unbranched alkanes of at least 4 members (excludes halogenated alkanes) is 1. The van der Waals surface area contributed by atoms with Gasteiger partial charge in [0.05, 0.1) is 6.61 Å². The molecule has 11 nitrogen and oxygen atoms in total. The van der Waals surface area contributed by atoms with Gasteiger partial charge < -0.3 is 28.4 Å². The minimum Gasteiger partial charge on any atom is -0.493 e. The fourth-order valence-electron chi connectivity index (χ4n) is 4.12. The van der Waals surface area contributed by atoms with E-state index in [0.717, 1.165) is 6.42 Å². The van der Waals surface area contributed by atoms with Crippen molar-refractivity contribution >= 4 is 29.8 Å². The lowest BCUT2D eigenvalue weighted by Gasteiger charge is -2.19. The van der Waals surface area contributed by atoms with E-state index in [0.29, 0.717) is 41.0 Å². The zero-order valence-corrected chi connectivity index (χ0v) is 29.6. The molecule has 0 radical (unpaired) electrons. The van der Waals surface area contributed by atoms with Gasteiger partial charge in [0, 0.05) is 40.3 Å². The van der Waals surface area contributed by atoms with Crippen LogP contribution in [-0.2, 0) is 24.0 Å². The number of carbonyl (C=O) groups excluding carboxylic acids is 5. The quantitative estimate of drug-likeness (QED) is 0.0660. The topological polar surface area (TPSA) is 141 Å². The van der Waals surface area contributed by atoms with Gasteiger partial charge >= 0.3 is 29.8 Å². The molecule has 3 rings (SSSR count). The Kier molecular flexibility index (Phi) is 13.4. The number of carbonyl (C=O) groups is 5. The Labute approximate surface area is 296 Å². The maximum absolute atomic E-state index is 12.9. The summed E-state index contributed by atoms with van der Waals surface area (Å²) < 4.78 is 33.8. The number of rotatable bonds is 15. The van der Waals surface area contributed by atoms with Crippen LogP contribution in [0, 0.1) is 0 Å². The molecule has 0 atom stereocenters. The highest BCUT2D eigenvalue weighted by Crippen LogP contribution is 2.45. The maximum atomic E-state index is 12.9. The van der Waals surface area contributed by atoms with Crippen LogP contribution in [-0.4, -0.2) is 36.5 Å². The third-order valence-corrected chi connectivity index (χ3v) is 6.80. The molecule has 0 saturated carbocycles. The first-order valence-corrected chi connectivity index (χ1v) is 15.8. The van der Waals surface area contributed by atoms with Crippen molar-refractivity contribution < 1.29 is 52.4 Å². The molecule has 0 aromatic heterocycles. The molecule has 0 unspecified atom stereocenters. The van der Waals surface area contributed by atoms with E-state index < -0.39 is 29.8 Å². The van der Waals surface area contributed by atoms with E-state index in [-0.39, 0.29) is 51.0 Å². The zero-order chi connectivity index (χ0) is 38.0. The first-order valence-electron chi connectivity index (χ1n) is 15.8. The van der Waals surface area contributed by atoms with Crippen LogP contribution in [0.2, 0.25) is 0 Å². The standard InChI is InChI=1S/C40H40O11/c1-11-12-17-46-33-20-30(28-13-15-31(47-26(10)41)35(19-28)50-39(44)24(6)7)34(49-38(43)23(4)5)21-29(33)27-14-16-32(48-37(42)22(2)3)36(18-27)51-40(45)25(8)9/h13-16,18-21H,2,4,6,8,11-12,17H2,1,3,5,7,9-10H3. The minimum atomic E-state index is -0.758. The van der Waals surface area contributed by atoms with E-state index in [1.165, 1.54) is 58.9 Å². The molecule has 0 spiro atoms. The molecule has 11 heteroatoms. The summed E-state index contributed by atoms with van der Waals surface area (Å²) in [5.41, 5.74) is 2.03. The molecule has 0 aliphatic carbocycles. The molecule has 0 fully saturated rings. The van der Waals surface area contributed by atoms with Crippen molar-refractivity contribution in [2.45, 2.75) is 54.4 Å². The van der Waals surface area contributed by atoms with E-state index in [1.807, 2.05) is 6.92 Å². The second-order valence-electron chi connectivity index (χ2n) is 11.6. The first-order chi connectivity index (χ1) is 24.0. The summed E-state index contributed by atoms with van der Waals surface area (Å²) in [6.45, 7) is 23.9. The monoisotopic (exact) mass is 696 g/mol. The third-order valence-electron chi connectivity index (χ3n) is 6.80. The van der Waals surface area contributed by atoms with Gasteiger partial charge in [-0.15, -0.1) is 0 Å². The summed E-state index contributed by atoms with van der Waals surface area (Å²) in [7, 11) is 0. The molecule has 266 valence electrons. The van der Waals surface area contributed by atoms with E-state index in [4.69, 9.17) is 28.4 Å². The van der Waals surface area contributed by atoms with Crippen LogP contribution in [0.4, 0.5) is 0 Å². The first kappa shape index (κ1) is 39.2. The van der Waals surface area contributed by atoms with E-state index >= 15 is 0 Å². The Morgan fingerprint density at radius 3 is 1.27 bits per heavy atom. The second kappa shape index (κ2) is 17.4. The molecular formula is C40H40O11. The minimum absolute atomic E-state index is 0.0263. The summed E-state index contributed by atoms with van der Waals surface area (Å²) >= 11 is 0. The molecule has 0 aliphatic heterocycles. The van der Waals surface area contributed by atoms with Gasteiger partial charge in [-0.1, -0.05) is 51.8 Å². The van der Waals surface area contributed by atoms with E-state index in [9.17, 15) is 24.0 Å². The summed E-state index contributed by atoms with van der Waals surface area (Å²) in [6, 6.07) is 12.2. The lowest BCUT2D eigenvalue weighted by Crippen LogP contribution is -2.13. The van der Waals surface area contributed by atoms with Crippen LogP contribution < -0.4 is 28.4 Å². The largest absolute Gasteiger partial charge is 0.493 e. The summed E-state index contributed by atoms with van der Waals surface area (Å²) in [5.74, 6) is -3.49. The highest BCUT2D eigenvalue weighted by atomic mass is 16.6. The number of esters is 5. The highest BCUT2D eigenvalue weighted by molar-refractivity contribution is 5.94. The van der Waals surface area contributed by atoms with Crippen molar-refractivity contribution in [1.29, 1.82) is 0 Å². The van der Waals surface area contributed by atoms with Crippen molar-refractivity contribution in [3.05, 3.63) is 97.1 Å². The molecular weight excluding hydrogens is 656 g/mol. The Morgan fingerprint density at radius 1 is 0.490 bits per heavy atom. The molecule has 3 aromatic rings. The van der Waals surface area contributed by atoms with Crippen molar-refractivity contribution in [3.8, 4) is 56.8 Å². The highest BCUT2D eigenvalue weighted by Gasteiger charge is 2.23. The third kappa shape index (κ3) is 10.6. The van der Waals surface area contributed by atoms with Crippen LogP contribution in [0.1, 0.15) is 54.4 Å². The van der Waals surface area contributed by atoms with E-state index in [2.05, 4.69) is 26.3 Å². The van der Waals surface area contributed by atoms with Gasteiger partial charge in [0.2, 0.25) is 0 Å². The zero-order valence-electron chi connectivity index (χ0n) is 29.6. The van der Waals surface area contributed by atoms with Gasteiger partial charge in [-0.3, -0.25) is 4.79 Å². The number of hydrogen-bond donors (Lipinski definition) is 0. The average Bonchev–Trinajstić information content (AvgIpc) is 3.06. The molecule has 0 aliphatic rings. The van der Waals surface area contributed by atoms with E-state index in [1.54, 1.807) is 24.3 Å². The fourth-order valence-corrected chi connectivity index (χ4v) is 4.12. The normalized spacial score (nSPS) is 10.3. The van der Waals surface area contributed by atoms with Gasteiger partial charge in [0.15, 0.2) is 23.0 Å². The van der Waals surface area contributed by atoms with Crippen LogP contribution in [0.25, 0.3) is 22.3 Å². The van der Waals surface area contributed by atoms with Crippen LogP contribution >= 0.6 is 0 Å². The van der Waals surface area contributed by atoms with Crippen molar-refractivity contribution in [1.82, 2.24) is 0 Å². The molecule has 0 amide bonds. The fraction of sp³-hybridized carbons (Fsp3) is 0.225. The summed E-state index contributed by atoms with van der Waals surface area (Å²) in [4.78, 5) is 62.2. The predicted molar refractivity (Wildman–Crippen MR) is 191 cm³/mol. The van der Waals surface area contributed by atoms with Gasteiger partial charge in [-0.2, -0.15) is 0 Å². The maximum Gasteiger partial charge on any atom is 0.338 e. The Balaban J connectivity index is 2.35. The molecule has 0 heterocycles.